The Kier molecular flexibility index (Phi) is 6.28. The predicted octanol–water partition coefficient (Wildman–Crippen LogP) is 1.22. The highest BCUT2D eigenvalue weighted by atomic mass is 16.5. The van der Waals surface area contributed by atoms with Crippen molar-refractivity contribution < 1.29 is 14.6 Å². The lowest BCUT2D eigenvalue weighted by atomic mass is 10.2. The molecule has 5 heteroatoms. The molecule has 1 aromatic rings. The molecular formula is C18H28N2O3. The fourth-order valence-corrected chi connectivity index (χ4v) is 3.29. The summed E-state index contributed by atoms with van der Waals surface area (Å²) in [6.45, 7) is 7.16. The van der Waals surface area contributed by atoms with Crippen molar-refractivity contribution in [3.8, 4) is 5.75 Å². The van der Waals surface area contributed by atoms with Crippen LogP contribution < -0.4 is 4.74 Å². The van der Waals surface area contributed by atoms with Gasteiger partial charge < -0.3 is 14.6 Å². The van der Waals surface area contributed by atoms with Gasteiger partial charge in [0.2, 0.25) is 0 Å². The minimum atomic E-state index is -0.445. The molecule has 0 unspecified atom stereocenters. The molecule has 2 aliphatic rings. The van der Waals surface area contributed by atoms with E-state index in [2.05, 4.69) is 9.80 Å². The molecule has 0 aromatic heterocycles. The third-order valence-electron chi connectivity index (χ3n) is 4.61. The van der Waals surface area contributed by atoms with Crippen molar-refractivity contribution in [2.24, 2.45) is 0 Å². The second-order valence-electron chi connectivity index (χ2n) is 6.51. The molecule has 5 nitrogen and oxygen atoms in total. The fourth-order valence-electron chi connectivity index (χ4n) is 3.29. The van der Waals surface area contributed by atoms with E-state index in [0.717, 1.165) is 45.1 Å². The van der Waals surface area contributed by atoms with E-state index in [1.165, 1.54) is 12.8 Å². The SMILES string of the molecule is O[C@H](COc1ccccc1)CN1CCN(C[C@@H]2CCCO2)CC1. The van der Waals surface area contributed by atoms with Crippen LogP contribution in [-0.4, -0.2) is 79.6 Å². The average Bonchev–Trinajstić information content (AvgIpc) is 3.09. The molecule has 2 fully saturated rings. The highest BCUT2D eigenvalue weighted by Crippen LogP contribution is 2.14. The van der Waals surface area contributed by atoms with Gasteiger partial charge >= 0.3 is 0 Å². The molecule has 128 valence electrons. The van der Waals surface area contributed by atoms with Gasteiger partial charge in [0.15, 0.2) is 0 Å². The smallest absolute Gasteiger partial charge is 0.119 e. The molecule has 0 bridgehead atoms. The summed E-state index contributed by atoms with van der Waals surface area (Å²) in [5, 5.41) is 10.2. The van der Waals surface area contributed by atoms with Gasteiger partial charge in [-0.05, 0) is 25.0 Å². The first-order chi connectivity index (χ1) is 11.3. The summed E-state index contributed by atoms with van der Waals surface area (Å²) in [5.41, 5.74) is 0. The Balaban J connectivity index is 1.31. The molecule has 0 saturated carbocycles. The van der Waals surface area contributed by atoms with Crippen molar-refractivity contribution in [3.63, 3.8) is 0 Å². The Bertz CT molecular complexity index is 443. The number of β-amino-alcohol motifs (C(OH)–C–C–N with tert-alkyl or cyclic N) is 1. The van der Waals surface area contributed by atoms with Crippen LogP contribution in [0.4, 0.5) is 0 Å². The maximum Gasteiger partial charge on any atom is 0.119 e. The molecule has 0 radical (unpaired) electrons. The van der Waals surface area contributed by atoms with Gasteiger partial charge in [-0.25, -0.2) is 0 Å². The Morgan fingerprint density at radius 3 is 2.57 bits per heavy atom. The predicted molar refractivity (Wildman–Crippen MR) is 89.8 cm³/mol. The van der Waals surface area contributed by atoms with Crippen molar-refractivity contribution in [3.05, 3.63) is 30.3 Å². The normalized spacial score (nSPS) is 24.7. The second kappa shape index (κ2) is 8.64. The monoisotopic (exact) mass is 320 g/mol. The van der Waals surface area contributed by atoms with Gasteiger partial charge in [0.05, 0.1) is 6.10 Å². The number of aliphatic hydroxyl groups excluding tert-OH is 1. The van der Waals surface area contributed by atoms with Crippen LogP contribution in [0.25, 0.3) is 0 Å². The standard InChI is InChI=1S/C18H28N2O3/c21-16(15-23-17-5-2-1-3-6-17)13-19-8-10-20(11-9-19)14-18-7-4-12-22-18/h1-3,5-6,16,18,21H,4,7-15H2/t16-,18-/m0/s1. The van der Waals surface area contributed by atoms with Crippen LogP contribution >= 0.6 is 0 Å². The first-order valence-corrected chi connectivity index (χ1v) is 8.72. The van der Waals surface area contributed by atoms with Crippen LogP contribution in [0.1, 0.15) is 12.8 Å². The molecule has 2 atom stereocenters. The van der Waals surface area contributed by atoms with E-state index in [4.69, 9.17) is 9.47 Å². The van der Waals surface area contributed by atoms with E-state index in [1.807, 2.05) is 30.3 Å². The summed E-state index contributed by atoms with van der Waals surface area (Å²) in [7, 11) is 0. The molecule has 2 aliphatic heterocycles. The second-order valence-corrected chi connectivity index (χ2v) is 6.51. The molecule has 2 heterocycles. The van der Waals surface area contributed by atoms with Crippen LogP contribution in [0.5, 0.6) is 5.75 Å². The van der Waals surface area contributed by atoms with Crippen LogP contribution in [-0.2, 0) is 4.74 Å². The average molecular weight is 320 g/mol. The zero-order valence-corrected chi connectivity index (χ0v) is 13.8. The summed E-state index contributed by atoms with van der Waals surface area (Å²) in [5.74, 6) is 0.813. The maximum absolute atomic E-state index is 10.2. The van der Waals surface area contributed by atoms with Crippen molar-refractivity contribution in [1.82, 2.24) is 9.80 Å². The minimum Gasteiger partial charge on any atom is -0.491 e. The molecule has 1 aromatic carbocycles. The number of benzene rings is 1. The molecule has 3 rings (SSSR count). The maximum atomic E-state index is 10.2. The molecular weight excluding hydrogens is 292 g/mol. The van der Waals surface area contributed by atoms with Gasteiger partial charge in [0, 0.05) is 45.9 Å². The largest absolute Gasteiger partial charge is 0.491 e. The van der Waals surface area contributed by atoms with E-state index >= 15 is 0 Å². The third kappa shape index (κ3) is 5.46. The van der Waals surface area contributed by atoms with E-state index < -0.39 is 6.10 Å². The van der Waals surface area contributed by atoms with Crippen LogP contribution in [0, 0.1) is 0 Å². The lowest BCUT2D eigenvalue weighted by Gasteiger charge is -2.36. The number of nitrogens with zero attached hydrogens (tertiary/aromatic N) is 2. The zero-order valence-electron chi connectivity index (χ0n) is 13.8. The van der Waals surface area contributed by atoms with Crippen molar-refractivity contribution in [2.45, 2.75) is 25.0 Å². The van der Waals surface area contributed by atoms with E-state index in [9.17, 15) is 5.11 Å². The van der Waals surface area contributed by atoms with Crippen LogP contribution in [0.3, 0.4) is 0 Å². The van der Waals surface area contributed by atoms with Gasteiger partial charge in [0.1, 0.15) is 18.5 Å². The number of rotatable bonds is 7. The number of ether oxygens (including phenoxy) is 2. The summed E-state index contributed by atoms with van der Waals surface area (Å²) in [6.07, 6.45) is 2.40. The summed E-state index contributed by atoms with van der Waals surface area (Å²) < 4.78 is 11.3. The number of piperazine rings is 1. The summed E-state index contributed by atoms with van der Waals surface area (Å²) in [6, 6.07) is 9.66. The first kappa shape index (κ1) is 16.7. The minimum absolute atomic E-state index is 0.347. The van der Waals surface area contributed by atoms with Crippen LogP contribution in [0.2, 0.25) is 0 Å². The van der Waals surface area contributed by atoms with Crippen LogP contribution in [0.15, 0.2) is 30.3 Å². The molecule has 0 spiro atoms. The van der Waals surface area contributed by atoms with Gasteiger partial charge in [-0.2, -0.15) is 0 Å². The van der Waals surface area contributed by atoms with E-state index in [-0.39, 0.29) is 0 Å². The molecule has 2 saturated heterocycles. The fraction of sp³-hybridized carbons (Fsp3) is 0.667. The summed E-state index contributed by atoms with van der Waals surface area (Å²) in [4.78, 5) is 4.81. The number of hydrogen-bond donors (Lipinski definition) is 1. The Labute approximate surface area is 138 Å². The lowest BCUT2D eigenvalue weighted by Crippen LogP contribution is -2.50. The number of aliphatic hydroxyl groups is 1. The highest BCUT2D eigenvalue weighted by molar-refractivity contribution is 5.20. The Hall–Kier alpha value is -1.14. The number of hydrogen-bond acceptors (Lipinski definition) is 5. The van der Waals surface area contributed by atoms with E-state index in [0.29, 0.717) is 19.3 Å². The molecule has 0 aliphatic carbocycles. The molecule has 23 heavy (non-hydrogen) atoms. The highest BCUT2D eigenvalue weighted by Gasteiger charge is 2.23. The zero-order chi connectivity index (χ0) is 15.9. The van der Waals surface area contributed by atoms with E-state index in [1.54, 1.807) is 0 Å². The Morgan fingerprint density at radius 2 is 1.87 bits per heavy atom. The topological polar surface area (TPSA) is 45.2 Å². The third-order valence-corrected chi connectivity index (χ3v) is 4.61. The van der Waals surface area contributed by atoms with Crippen molar-refractivity contribution in [1.29, 1.82) is 0 Å². The van der Waals surface area contributed by atoms with Gasteiger partial charge in [-0.1, -0.05) is 18.2 Å². The van der Waals surface area contributed by atoms with Gasteiger partial charge in [-0.3, -0.25) is 9.80 Å². The molecule has 0 amide bonds. The van der Waals surface area contributed by atoms with Crippen molar-refractivity contribution >= 4 is 0 Å². The summed E-state index contributed by atoms with van der Waals surface area (Å²) >= 11 is 0. The van der Waals surface area contributed by atoms with Crippen molar-refractivity contribution in [2.75, 3.05) is 52.5 Å². The quantitative estimate of drug-likeness (QED) is 0.818. The lowest BCUT2D eigenvalue weighted by molar-refractivity contribution is 0.0263. The first-order valence-electron chi connectivity index (χ1n) is 8.72. The Morgan fingerprint density at radius 1 is 1.13 bits per heavy atom. The molecule has 1 N–H and O–H groups in total. The van der Waals surface area contributed by atoms with Gasteiger partial charge in [0.25, 0.3) is 0 Å². The van der Waals surface area contributed by atoms with Gasteiger partial charge in [-0.15, -0.1) is 0 Å². The number of para-hydroxylation sites is 1.